The first-order valence-corrected chi connectivity index (χ1v) is 5.38. The molecule has 0 saturated carbocycles. The van der Waals surface area contributed by atoms with Crippen molar-refractivity contribution >= 4 is 12.0 Å². The van der Waals surface area contributed by atoms with Gasteiger partial charge in [-0.15, -0.1) is 0 Å². The fraction of sp³-hybridized carbons (Fsp3) is 0.333. The molecule has 2 N–H and O–H groups in total. The Bertz CT molecular complexity index is 408. The van der Waals surface area contributed by atoms with Gasteiger partial charge in [-0.25, -0.2) is 10.3 Å². The molecule has 0 fully saturated rings. The average Bonchev–Trinajstić information content (AvgIpc) is 2.36. The number of nitrogens with zero attached hydrogens (tertiary/aromatic N) is 1. The molecule has 0 bridgehead atoms. The molecule has 0 unspecified atom stereocenters. The summed E-state index contributed by atoms with van der Waals surface area (Å²) >= 11 is 0. The molecular formula is C12H16N2O4. The van der Waals surface area contributed by atoms with Crippen LogP contribution >= 0.6 is 0 Å². The maximum Gasteiger partial charge on any atom is 0.407 e. The molecule has 1 aromatic carbocycles. The fourth-order valence-corrected chi connectivity index (χ4v) is 1.54. The van der Waals surface area contributed by atoms with Gasteiger partial charge in [-0.1, -0.05) is 30.3 Å². The lowest BCUT2D eigenvalue weighted by molar-refractivity contribution is -0.135. The first-order chi connectivity index (χ1) is 8.56. The molecule has 0 radical (unpaired) electrons. The third-order valence-electron chi connectivity index (χ3n) is 2.55. The molecule has 18 heavy (non-hydrogen) atoms. The van der Waals surface area contributed by atoms with Gasteiger partial charge < -0.3 is 5.11 Å². The lowest BCUT2D eigenvalue weighted by atomic mass is 10.0. The number of hydrogen-bond acceptors (Lipinski definition) is 3. The summed E-state index contributed by atoms with van der Waals surface area (Å²) in [4.78, 5) is 28.2. The van der Waals surface area contributed by atoms with Crippen molar-refractivity contribution in [3.05, 3.63) is 35.9 Å². The van der Waals surface area contributed by atoms with Gasteiger partial charge in [0.25, 0.3) is 5.91 Å². The Balaban J connectivity index is 2.84. The maximum absolute atomic E-state index is 11.8. The topological polar surface area (TPSA) is 78.9 Å². The number of benzene rings is 1. The molecule has 0 aliphatic rings. The largest absolute Gasteiger partial charge is 0.465 e. The van der Waals surface area contributed by atoms with Gasteiger partial charge in [-0.2, -0.15) is 0 Å². The lowest BCUT2D eigenvalue weighted by Gasteiger charge is -2.24. The van der Waals surface area contributed by atoms with E-state index in [0.717, 1.165) is 10.5 Å². The monoisotopic (exact) mass is 252 g/mol. The van der Waals surface area contributed by atoms with E-state index in [0.29, 0.717) is 6.42 Å². The second-order valence-electron chi connectivity index (χ2n) is 3.77. The minimum atomic E-state index is -1.16. The number of carbonyl (C=O) groups excluding carboxylic acids is 1. The highest BCUT2D eigenvalue weighted by Gasteiger charge is 2.26. The van der Waals surface area contributed by atoms with E-state index < -0.39 is 18.0 Å². The van der Waals surface area contributed by atoms with Crippen LogP contribution in [0.15, 0.2) is 30.3 Å². The summed E-state index contributed by atoms with van der Waals surface area (Å²) in [5, 5.41) is 8.95. The highest BCUT2D eigenvalue weighted by atomic mass is 16.6. The van der Waals surface area contributed by atoms with Crippen molar-refractivity contribution in [2.75, 3.05) is 14.2 Å². The first kappa shape index (κ1) is 14.0. The van der Waals surface area contributed by atoms with E-state index in [9.17, 15) is 9.59 Å². The maximum atomic E-state index is 11.8. The summed E-state index contributed by atoms with van der Waals surface area (Å²) in [5.74, 6) is -0.494. The Morgan fingerprint density at radius 3 is 2.50 bits per heavy atom. The van der Waals surface area contributed by atoms with Crippen molar-refractivity contribution < 1.29 is 19.5 Å². The first-order valence-electron chi connectivity index (χ1n) is 5.38. The standard InChI is InChI=1S/C12H16N2O4/c1-14(12(16)17)10(11(15)13-18-2)8-9-6-4-3-5-7-9/h3-7,10H,8H2,1-2H3,(H,13,15)(H,16,17)/t10-/m1/s1. The number of carboxylic acid groups (broad SMARTS) is 1. The van der Waals surface area contributed by atoms with Crippen LogP contribution in [-0.4, -0.2) is 42.2 Å². The number of hydrogen-bond donors (Lipinski definition) is 2. The number of amides is 2. The van der Waals surface area contributed by atoms with Crippen molar-refractivity contribution in [3.8, 4) is 0 Å². The lowest BCUT2D eigenvalue weighted by Crippen LogP contribution is -2.48. The second kappa shape index (κ2) is 6.61. The smallest absolute Gasteiger partial charge is 0.407 e. The minimum absolute atomic E-state index is 0.291. The van der Waals surface area contributed by atoms with Crippen LogP contribution in [-0.2, 0) is 16.1 Å². The predicted octanol–water partition coefficient (Wildman–Crippen LogP) is 0.885. The third kappa shape index (κ3) is 3.74. The van der Waals surface area contributed by atoms with Crippen molar-refractivity contribution in [2.45, 2.75) is 12.5 Å². The van der Waals surface area contributed by atoms with Crippen LogP contribution in [0.5, 0.6) is 0 Å². The van der Waals surface area contributed by atoms with Crippen molar-refractivity contribution in [1.29, 1.82) is 0 Å². The summed E-state index contributed by atoms with van der Waals surface area (Å²) < 4.78 is 0. The quantitative estimate of drug-likeness (QED) is 0.763. The zero-order valence-corrected chi connectivity index (χ0v) is 10.3. The van der Waals surface area contributed by atoms with E-state index in [1.54, 1.807) is 0 Å². The molecule has 1 aromatic rings. The van der Waals surface area contributed by atoms with Crippen LogP contribution in [0, 0.1) is 0 Å². The molecule has 0 aromatic heterocycles. The van der Waals surface area contributed by atoms with E-state index in [2.05, 4.69) is 10.3 Å². The van der Waals surface area contributed by atoms with E-state index in [1.165, 1.54) is 14.2 Å². The fourth-order valence-electron chi connectivity index (χ4n) is 1.54. The van der Waals surface area contributed by atoms with Crippen LogP contribution in [0.3, 0.4) is 0 Å². The summed E-state index contributed by atoms with van der Waals surface area (Å²) in [5.41, 5.74) is 3.03. The summed E-state index contributed by atoms with van der Waals surface area (Å²) in [6.45, 7) is 0. The Morgan fingerprint density at radius 1 is 1.39 bits per heavy atom. The Hall–Kier alpha value is -2.08. The molecule has 1 atom stereocenters. The van der Waals surface area contributed by atoms with Crippen LogP contribution in [0.4, 0.5) is 4.79 Å². The number of nitrogens with one attached hydrogen (secondary N) is 1. The number of likely N-dealkylation sites (N-methyl/N-ethyl adjacent to an activating group) is 1. The number of rotatable bonds is 5. The Morgan fingerprint density at radius 2 is 2.00 bits per heavy atom. The second-order valence-corrected chi connectivity index (χ2v) is 3.77. The van der Waals surface area contributed by atoms with E-state index >= 15 is 0 Å². The van der Waals surface area contributed by atoms with Crippen LogP contribution < -0.4 is 5.48 Å². The molecule has 6 nitrogen and oxygen atoms in total. The molecule has 0 spiro atoms. The molecule has 1 rings (SSSR count). The number of hydroxylamine groups is 1. The highest BCUT2D eigenvalue weighted by molar-refractivity contribution is 5.84. The van der Waals surface area contributed by atoms with Gasteiger partial charge in [0.1, 0.15) is 6.04 Å². The van der Waals surface area contributed by atoms with Gasteiger partial charge in [0, 0.05) is 13.5 Å². The van der Waals surface area contributed by atoms with Gasteiger partial charge in [0.2, 0.25) is 0 Å². The Labute approximate surface area is 105 Å². The molecule has 6 heteroatoms. The molecule has 0 aliphatic carbocycles. The van der Waals surface area contributed by atoms with Gasteiger partial charge in [-0.05, 0) is 5.56 Å². The molecule has 0 saturated heterocycles. The molecule has 98 valence electrons. The number of carbonyl (C=O) groups is 2. The highest BCUT2D eigenvalue weighted by Crippen LogP contribution is 2.08. The average molecular weight is 252 g/mol. The minimum Gasteiger partial charge on any atom is -0.465 e. The molecular weight excluding hydrogens is 236 g/mol. The van der Waals surface area contributed by atoms with Gasteiger partial charge in [0.05, 0.1) is 7.11 Å². The molecule has 0 aliphatic heterocycles. The summed E-state index contributed by atoms with van der Waals surface area (Å²) in [6.07, 6.45) is -0.874. The predicted molar refractivity (Wildman–Crippen MR) is 64.9 cm³/mol. The van der Waals surface area contributed by atoms with Crippen molar-refractivity contribution in [3.63, 3.8) is 0 Å². The van der Waals surface area contributed by atoms with Crippen molar-refractivity contribution in [2.24, 2.45) is 0 Å². The van der Waals surface area contributed by atoms with Gasteiger partial charge in [-0.3, -0.25) is 14.5 Å². The van der Waals surface area contributed by atoms with Crippen LogP contribution in [0.25, 0.3) is 0 Å². The molecule has 0 heterocycles. The third-order valence-corrected chi connectivity index (χ3v) is 2.55. The van der Waals surface area contributed by atoms with Gasteiger partial charge in [0.15, 0.2) is 0 Å². The SMILES string of the molecule is CONC(=O)[C@@H](Cc1ccccc1)N(C)C(=O)O. The van der Waals surface area contributed by atoms with Crippen LogP contribution in [0.1, 0.15) is 5.56 Å². The van der Waals surface area contributed by atoms with E-state index in [-0.39, 0.29) is 0 Å². The Kier molecular flexibility index (Phi) is 5.13. The molecule has 2 amide bonds. The summed E-state index contributed by atoms with van der Waals surface area (Å²) in [7, 11) is 2.66. The van der Waals surface area contributed by atoms with Crippen molar-refractivity contribution in [1.82, 2.24) is 10.4 Å². The summed E-state index contributed by atoms with van der Waals surface area (Å²) in [6, 6.07) is 8.37. The van der Waals surface area contributed by atoms with Crippen LogP contribution in [0.2, 0.25) is 0 Å². The zero-order valence-electron chi connectivity index (χ0n) is 10.3. The van der Waals surface area contributed by atoms with E-state index in [1.807, 2.05) is 30.3 Å². The van der Waals surface area contributed by atoms with Gasteiger partial charge >= 0.3 is 6.09 Å². The normalized spacial score (nSPS) is 11.7. The zero-order chi connectivity index (χ0) is 13.5. The van der Waals surface area contributed by atoms with E-state index in [4.69, 9.17) is 5.11 Å².